The molecule has 0 aromatic heterocycles. The van der Waals surface area contributed by atoms with Gasteiger partial charge in [0.25, 0.3) is 0 Å². The molecule has 2 amide bonds. The van der Waals surface area contributed by atoms with Gasteiger partial charge in [-0.3, -0.25) is 24.5 Å². The number of hydrogen-bond donors (Lipinski definition) is 1. The smallest absolute Gasteiger partial charge is 0.307 e. The first-order valence-electron chi connectivity index (χ1n) is 7.22. The molecule has 0 spiro atoms. The van der Waals surface area contributed by atoms with Gasteiger partial charge >= 0.3 is 11.9 Å². The van der Waals surface area contributed by atoms with Crippen molar-refractivity contribution in [2.75, 3.05) is 0 Å². The number of carbonyl (C=O) groups excluding carboxylic acids is 4. The number of rotatable bonds is 2. The number of nitrogens with one attached hydrogen (secondary N) is 1. The molecule has 1 saturated heterocycles. The Balaban J connectivity index is 2.17. The minimum absolute atomic E-state index is 0.335. The predicted molar refractivity (Wildman–Crippen MR) is 71.8 cm³/mol. The Kier molecular flexibility index (Phi) is 3.12. The highest BCUT2D eigenvalue weighted by atomic mass is 16.6. The molecule has 2 bridgehead atoms. The highest BCUT2D eigenvalue weighted by Gasteiger charge is 2.67. The van der Waals surface area contributed by atoms with E-state index in [0.717, 1.165) is 0 Å². The van der Waals surface area contributed by atoms with Crippen LogP contribution in [0.1, 0.15) is 33.6 Å². The molecule has 118 valence electrons. The van der Waals surface area contributed by atoms with Gasteiger partial charge in [-0.15, -0.1) is 0 Å². The molecule has 7 nitrogen and oxygen atoms in total. The molecule has 0 radical (unpaired) electrons. The van der Waals surface area contributed by atoms with Crippen molar-refractivity contribution in [3.63, 3.8) is 0 Å². The van der Waals surface area contributed by atoms with Crippen LogP contribution in [0.15, 0.2) is 11.3 Å². The summed E-state index contributed by atoms with van der Waals surface area (Å²) in [6.45, 7) is 4.23. The molecule has 0 unspecified atom stereocenters. The topological polar surface area (TPSA) is 98.8 Å². The Hall–Kier alpha value is -2.18. The van der Waals surface area contributed by atoms with Gasteiger partial charge in [-0.2, -0.15) is 0 Å². The van der Waals surface area contributed by atoms with Crippen LogP contribution >= 0.6 is 0 Å². The zero-order valence-electron chi connectivity index (χ0n) is 12.6. The molecule has 3 aliphatic carbocycles. The maximum Gasteiger partial charge on any atom is 0.307 e. The summed E-state index contributed by atoms with van der Waals surface area (Å²) in [7, 11) is 0. The molecule has 7 heteroatoms. The van der Waals surface area contributed by atoms with Crippen molar-refractivity contribution in [2.45, 2.75) is 39.2 Å². The first kappa shape index (κ1) is 14.7. The minimum Gasteiger partial charge on any atom is -0.454 e. The molecule has 1 heterocycles. The average molecular weight is 307 g/mol. The number of ether oxygens (including phenoxy) is 2. The third kappa shape index (κ3) is 1.81. The van der Waals surface area contributed by atoms with E-state index in [4.69, 9.17) is 9.47 Å². The molecular weight excluding hydrogens is 290 g/mol. The Morgan fingerprint density at radius 2 is 1.86 bits per heavy atom. The zero-order chi connectivity index (χ0) is 16.2. The second kappa shape index (κ2) is 4.66. The van der Waals surface area contributed by atoms with Crippen molar-refractivity contribution in [1.29, 1.82) is 0 Å². The molecule has 4 atom stereocenters. The monoisotopic (exact) mass is 307 g/mol. The van der Waals surface area contributed by atoms with Crippen LogP contribution < -0.4 is 5.32 Å². The fourth-order valence-corrected chi connectivity index (χ4v) is 4.17. The molecule has 2 fully saturated rings. The molecule has 1 aliphatic heterocycles. The summed E-state index contributed by atoms with van der Waals surface area (Å²) in [5.74, 6) is -3.23. The van der Waals surface area contributed by atoms with E-state index in [9.17, 15) is 19.2 Å². The van der Waals surface area contributed by atoms with E-state index in [1.54, 1.807) is 6.92 Å². The van der Waals surface area contributed by atoms with Crippen molar-refractivity contribution in [3.8, 4) is 0 Å². The van der Waals surface area contributed by atoms with E-state index < -0.39 is 41.2 Å². The number of amides is 2. The molecule has 4 rings (SSSR count). The fraction of sp³-hybridized carbons (Fsp3) is 0.600. The molecule has 0 aromatic carbocycles. The highest BCUT2D eigenvalue weighted by Crippen LogP contribution is 2.57. The third-order valence-corrected chi connectivity index (χ3v) is 4.87. The maximum atomic E-state index is 12.2. The fourth-order valence-electron chi connectivity index (χ4n) is 4.17. The van der Waals surface area contributed by atoms with Crippen LogP contribution in [0.5, 0.6) is 0 Å². The quantitative estimate of drug-likeness (QED) is 0.587. The minimum atomic E-state index is -1.20. The maximum absolute atomic E-state index is 12.2. The van der Waals surface area contributed by atoms with Gasteiger partial charge in [-0.1, -0.05) is 0 Å². The second-order valence-electron chi connectivity index (χ2n) is 6.07. The van der Waals surface area contributed by atoms with Crippen LogP contribution in [0.25, 0.3) is 0 Å². The van der Waals surface area contributed by atoms with E-state index in [0.29, 0.717) is 24.2 Å². The Labute approximate surface area is 127 Å². The predicted octanol–water partition coefficient (Wildman–Crippen LogP) is 0.438. The number of imide groups is 1. The Morgan fingerprint density at radius 3 is 2.45 bits per heavy atom. The van der Waals surface area contributed by atoms with Crippen molar-refractivity contribution >= 4 is 23.8 Å². The van der Waals surface area contributed by atoms with Gasteiger partial charge < -0.3 is 9.47 Å². The lowest BCUT2D eigenvalue weighted by Gasteiger charge is -2.51. The molecule has 1 N–H and O–H groups in total. The molecule has 22 heavy (non-hydrogen) atoms. The summed E-state index contributed by atoms with van der Waals surface area (Å²) in [5.41, 5.74) is -0.646. The zero-order valence-corrected chi connectivity index (χ0v) is 12.6. The van der Waals surface area contributed by atoms with Crippen molar-refractivity contribution < 1.29 is 28.7 Å². The summed E-state index contributed by atoms with van der Waals surface area (Å²) >= 11 is 0. The van der Waals surface area contributed by atoms with Gasteiger partial charge in [0.2, 0.25) is 11.8 Å². The lowest BCUT2D eigenvalue weighted by Crippen LogP contribution is -2.58. The van der Waals surface area contributed by atoms with E-state index in [1.807, 2.05) is 0 Å². The van der Waals surface area contributed by atoms with Crippen molar-refractivity contribution in [2.24, 2.45) is 17.8 Å². The van der Waals surface area contributed by atoms with Crippen LogP contribution in [0.2, 0.25) is 0 Å². The van der Waals surface area contributed by atoms with Crippen LogP contribution in [0.3, 0.4) is 0 Å². The number of esters is 2. The van der Waals surface area contributed by atoms with Crippen molar-refractivity contribution in [3.05, 3.63) is 11.3 Å². The first-order chi connectivity index (χ1) is 10.3. The van der Waals surface area contributed by atoms with E-state index >= 15 is 0 Å². The Bertz CT molecular complexity index is 636. The summed E-state index contributed by atoms with van der Waals surface area (Å²) in [5, 5.41) is 2.32. The van der Waals surface area contributed by atoms with E-state index in [2.05, 4.69) is 5.32 Å². The van der Waals surface area contributed by atoms with Gasteiger partial charge in [0.1, 0.15) is 11.4 Å². The largest absolute Gasteiger partial charge is 0.454 e. The van der Waals surface area contributed by atoms with Crippen LogP contribution in [-0.2, 0) is 28.7 Å². The summed E-state index contributed by atoms with van der Waals surface area (Å²) in [6, 6.07) is 0. The number of hydrogen-bond acceptors (Lipinski definition) is 6. The van der Waals surface area contributed by atoms with Crippen molar-refractivity contribution in [1.82, 2.24) is 5.32 Å². The first-order valence-corrected chi connectivity index (χ1v) is 7.22. The number of allylic oxidation sites excluding steroid dienone is 1. The number of carbonyl (C=O) groups is 4. The van der Waals surface area contributed by atoms with Crippen LogP contribution in [-0.4, -0.2) is 29.4 Å². The SMILES string of the molecule is CC(=O)OC1=C(C)[C@@]2(OC(C)=O)CC[C@H]1[C@@H]1C(=O)NC(=O)[C@@H]12. The van der Waals surface area contributed by atoms with E-state index in [-0.39, 0.29) is 5.92 Å². The molecule has 1 saturated carbocycles. The lowest BCUT2D eigenvalue weighted by atomic mass is 9.56. The van der Waals surface area contributed by atoms with Gasteiger partial charge in [0.15, 0.2) is 0 Å². The van der Waals surface area contributed by atoms with E-state index in [1.165, 1.54) is 13.8 Å². The average Bonchev–Trinajstić information content (AvgIpc) is 2.71. The van der Waals surface area contributed by atoms with Gasteiger partial charge in [-0.05, 0) is 19.8 Å². The standard InChI is InChI=1S/C15H17NO6/c1-6-12(21-7(2)17)9-4-5-15(6,22-8(3)18)11-10(9)13(19)16-14(11)20/h9-11H,4-5H2,1-3H3,(H,16,19,20)/t9-,10-,11+,15-/m0/s1. The Morgan fingerprint density at radius 1 is 1.18 bits per heavy atom. The highest BCUT2D eigenvalue weighted by molar-refractivity contribution is 6.07. The second-order valence-corrected chi connectivity index (χ2v) is 6.07. The van der Waals surface area contributed by atoms with Crippen LogP contribution in [0, 0.1) is 17.8 Å². The van der Waals surface area contributed by atoms with Gasteiger partial charge in [0, 0.05) is 25.3 Å². The summed E-state index contributed by atoms with van der Waals surface area (Å²) < 4.78 is 10.8. The van der Waals surface area contributed by atoms with Crippen LogP contribution in [0.4, 0.5) is 0 Å². The lowest BCUT2D eigenvalue weighted by molar-refractivity contribution is -0.175. The number of fused-ring (bicyclic) bond motifs is 1. The normalized spacial score (nSPS) is 36.0. The van der Waals surface area contributed by atoms with Gasteiger partial charge in [0.05, 0.1) is 11.8 Å². The molecule has 4 aliphatic rings. The molecule has 0 aromatic rings. The summed E-state index contributed by atoms with van der Waals surface area (Å²) in [6.07, 6.45) is 0.963. The summed E-state index contributed by atoms with van der Waals surface area (Å²) in [4.78, 5) is 47.3. The van der Waals surface area contributed by atoms with Gasteiger partial charge in [-0.25, -0.2) is 0 Å². The molecular formula is C15H17NO6. The third-order valence-electron chi connectivity index (χ3n) is 4.87.